The molecule has 1 fully saturated rings. The molecule has 0 radical (unpaired) electrons. The van der Waals surface area contributed by atoms with E-state index in [0.29, 0.717) is 0 Å². The van der Waals surface area contributed by atoms with Gasteiger partial charge in [-0.1, -0.05) is 0 Å². The van der Waals surface area contributed by atoms with Gasteiger partial charge in [0.1, 0.15) is 11.9 Å². The molecule has 3 rings (SSSR count). The monoisotopic (exact) mass is 208 g/mol. The number of nitrogens with zero attached hydrogens (tertiary/aromatic N) is 3. The fourth-order valence-electron chi connectivity index (χ4n) is 2.45. The van der Waals surface area contributed by atoms with Crippen molar-refractivity contribution in [1.82, 2.24) is 14.8 Å². The Balaban J connectivity index is 1.95. The molecule has 3 heterocycles. The minimum absolute atomic E-state index is 0.0569. The Kier molecular flexibility index (Phi) is 2.21. The van der Waals surface area contributed by atoms with Crippen LogP contribution < -0.4 is 5.73 Å². The highest BCUT2D eigenvalue weighted by atomic mass is 16.5. The third-order valence-electron chi connectivity index (χ3n) is 3.25. The second-order valence-corrected chi connectivity index (χ2v) is 4.32. The summed E-state index contributed by atoms with van der Waals surface area (Å²) in [4.78, 5) is 0. The van der Waals surface area contributed by atoms with Crippen LogP contribution in [0.5, 0.6) is 0 Å². The van der Waals surface area contributed by atoms with Crippen molar-refractivity contribution in [3.8, 4) is 0 Å². The van der Waals surface area contributed by atoms with Crippen LogP contribution in [0.4, 0.5) is 0 Å². The van der Waals surface area contributed by atoms with Crippen molar-refractivity contribution in [2.45, 2.75) is 44.4 Å². The summed E-state index contributed by atoms with van der Waals surface area (Å²) in [5, 5.41) is 8.43. The maximum atomic E-state index is 5.99. The van der Waals surface area contributed by atoms with Gasteiger partial charge in [-0.2, -0.15) is 0 Å². The van der Waals surface area contributed by atoms with Crippen molar-refractivity contribution < 1.29 is 4.74 Å². The lowest BCUT2D eigenvalue weighted by atomic mass is 10.1. The highest BCUT2D eigenvalue weighted by Gasteiger charge is 2.28. The zero-order valence-electron chi connectivity index (χ0n) is 8.72. The molecule has 1 aromatic heterocycles. The molecule has 2 unspecified atom stereocenters. The van der Waals surface area contributed by atoms with Gasteiger partial charge < -0.3 is 15.0 Å². The Morgan fingerprint density at radius 2 is 2.07 bits per heavy atom. The lowest BCUT2D eigenvalue weighted by molar-refractivity contribution is 0.101. The normalized spacial score (nSPS) is 30.5. The van der Waals surface area contributed by atoms with E-state index in [1.54, 1.807) is 0 Å². The van der Waals surface area contributed by atoms with Crippen molar-refractivity contribution in [3.05, 3.63) is 11.6 Å². The smallest absolute Gasteiger partial charge is 0.162 e. The van der Waals surface area contributed by atoms with E-state index in [1.165, 1.54) is 0 Å². The first-order valence-corrected chi connectivity index (χ1v) is 5.66. The Morgan fingerprint density at radius 3 is 2.87 bits per heavy atom. The van der Waals surface area contributed by atoms with Crippen molar-refractivity contribution in [2.24, 2.45) is 5.73 Å². The SMILES string of the molecule is NC1CCCn2c1nnc2C1CCCO1. The Morgan fingerprint density at radius 1 is 1.20 bits per heavy atom. The Hall–Kier alpha value is -0.940. The summed E-state index contributed by atoms with van der Waals surface area (Å²) < 4.78 is 7.79. The van der Waals surface area contributed by atoms with Crippen molar-refractivity contribution in [1.29, 1.82) is 0 Å². The summed E-state index contributed by atoms with van der Waals surface area (Å²) in [6.45, 7) is 1.84. The van der Waals surface area contributed by atoms with Gasteiger partial charge in [-0.25, -0.2) is 0 Å². The van der Waals surface area contributed by atoms with Crippen LogP contribution in [-0.2, 0) is 11.3 Å². The maximum absolute atomic E-state index is 5.99. The third kappa shape index (κ3) is 1.46. The lowest BCUT2D eigenvalue weighted by Gasteiger charge is -2.21. The molecule has 0 saturated carbocycles. The van der Waals surface area contributed by atoms with Gasteiger partial charge >= 0.3 is 0 Å². The highest BCUT2D eigenvalue weighted by molar-refractivity contribution is 5.06. The molecule has 0 spiro atoms. The number of aromatic nitrogens is 3. The van der Waals surface area contributed by atoms with Crippen molar-refractivity contribution in [3.63, 3.8) is 0 Å². The Bertz CT molecular complexity index is 356. The molecule has 1 aromatic rings. The van der Waals surface area contributed by atoms with Crippen LogP contribution >= 0.6 is 0 Å². The Labute approximate surface area is 88.6 Å². The molecule has 2 atom stereocenters. The molecule has 1 saturated heterocycles. The van der Waals surface area contributed by atoms with Gasteiger partial charge in [0.2, 0.25) is 0 Å². The second kappa shape index (κ2) is 3.57. The van der Waals surface area contributed by atoms with Crippen LogP contribution in [0.25, 0.3) is 0 Å². The van der Waals surface area contributed by atoms with Gasteiger partial charge in [-0.3, -0.25) is 0 Å². The summed E-state index contributed by atoms with van der Waals surface area (Å²) in [5.41, 5.74) is 5.99. The van der Waals surface area contributed by atoms with E-state index in [1.807, 2.05) is 0 Å². The summed E-state index contributed by atoms with van der Waals surface area (Å²) in [6, 6.07) is 0.0569. The van der Waals surface area contributed by atoms with Gasteiger partial charge in [0.25, 0.3) is 0 Å². The fraction of sp³-hybridized carbons (Fsp3) is 0.800. The molecule has 2 aliphatic rings. The third-order valence-corrected chi connectivity index (χ3v) is 3.25. The second-order valence-electron chi connectivity index (χ2n) is 4.32. The topological polar surface area (TPSA) is 66.0 Å². The zero-order chi connectivity index (χ0) is 10.3. The first-order chi connectivity index (χ1) is 7.36. The average Bonchev–Trinajstić information content (AvgIpc) is 2.85. The summed E-state index contributed by atoms with van der Waals surface area (Å²) in [5.74, 6) is 1.92. The van der Waals surface area contributed by atoms with Gasteiger partial charge in [0, 0.05) is 13.2 Å². The van der Waals surface area contributed by atoms with E-state index in [9.17, 15) is 0 Å². The molecule has 82 valence electrons. The van der Waals surface area contributed by atoms with Crippen LogP contribution in [0.15, 0.2) is 0 Å². The molecule has 0 bridgehead atoms. The zero-order valence-corrected chi connectivity index (χ0v) is 8.72. The maximum Gasteiger partial charge on any atom is 0.162 e. The number of fused-ring (bicyclic) bond motifs is 1. The van der Waals surface area contributed by atoms with Gasteiger partial charge in [0.05, 0.1) is 6.04 Å². The molecule has 2 N–H and O–H groups in total. The van der Waals surface area contributed by atoms with Crippen LogP contribution in [0, 0.1) is 0 Å². The number of rotatable bonds is 1. The van der Waals surface area contributed by atoms with Crippen LogP contribution in [-0.4, -0.2) is 21.4 Å². The molecule has 15 heavy (non-hydrogen) atoms. The van der Waals surface area contributed by atoms with Gasteiger partial charge in [-0.05, 0) is 25.7 Å². The summed E-state index contributed by atoms with van der Waals surface area (Å²) in [7, 11) is 0. The van der Waals surface area contributed by atoms with Crippen LogP contribution in [0.3, 0.4) is 0 Å². The van der Waals surface area contributed by atoms with E-state index in [-0.39, 0.29) is 12.1 Å². The van der Waals surface area contributed by atoms with E-state index in [4.69, 9.17) is 10.5 Å². The predicted molar refractivity (Wildman–Crippen MR) is 54.1 cm³/mol. The van der Waals surface area contributed by atoms with Crippen molar-refractivity contribution >= 4 is 0 Å². The molecule has 5 heteroatoms. The number of nitrogens with two attached hydrogens (primary N) is 1. The molecule has 2 aliphatic heterocycles. The van der Waals surface area contributed by atoms with E-state index in [2.05, 4.69) is 14.8 Å². The quantitative estimate of drug-likeness (QED) is 0.745. The summed E-state index contributed by atoms with van der Waals surface area (Å²) in [6.07, 6.45) is 4.47. The molecule has 0 aromatic carbocycles. The van der Waals surface area contributed by atoms with Crippen LogP contribution in [0.1, 0.15) is 49.5 Å². The highest BCUT2D eigenvalue weighted by Crippen LogP contribution is 2.31. The largest absolute Gasteiger partial charge is 0.370 e. The standard InChI is InChI=1S/C10H16N4O/c11-7-3-1-5-14-9(7)12-13-10(14)8-4-2-6-15-8/h7-8H,1-6,11H2. The minimum Gasteiger partial charge on any atom is -0.370 e. The van der Waals surface area contributed by atoms with E-state index >= 15 is 0 Å². The van der Waals surface area contributed by atoms with Crippen LogP contribution in [0.2, 0.25) is 0 Å². The first kappa shape index (κ1) is 9.30. The summed E-state index contributed by atoms with van der Waals surface area (Å²) >= 11 is 0. The molecule has 0 amide bonds. The minimum atomic E-state index is 0.0569. The lowest BCUT2D eigenvalue weighted by Crippen LogP contribution is -2.23. The fourth-order valence-corrected chi connectivity index (χ4v) is 2.45. The first-order valence-electron chi connectivity index (χ1n) is 5.66. The molecular formula is C10H16N4O. The average molecular weight is 208 g/mol. The van der Waals surface area contributed by atoms with E-state index in [0.717, 1.165) is 50.5 Å². The predicted octanol–water partition coefficient (Wildman–Crippen LogP) is 0.923. The number of ether oxygens (including phenoxy) is 1. The van der Waals surface area contributed by atoms with Crippen molar-refractivity contribution in [2.75, 3.05) is 6.61 Å². The van der Waals surface area contributed by atoms with Gasteiger partial charge in [0.15, 0.2) is 5.82 Å². The molecule has 5 nitrogen and oxygen atoms in total. The molecule has 0 aliphatic carbocycles. The number of hydrogen-bond acceptors (Lipinski definition) is 4. The molecular weight excluding hydrogens is 192 g/mol. The van der Waals surface area contributed by atoms with E-state index < -0.39 is 0 Å². The number of hydrogen-bond donors (Lipinski definition) is 1. The van der Waals surface area contributed by atoms with Gasteiger partial charge in [-0.15, -0.1) is 10.2 Å².